The van der Waals surface area contributed by atoms with Gasteiger partial charge in [-0.3, -0.25) is 4.79 Å². The van der Waals surface area contributed by atoms with Crippen LogP contribution in [0.15, 0.2) is 30.9 Å². The molecule has 0 unspecified atom stereocenters. The number of carbonyl (C=O) groups is 1. The third-order valence-electron chi connectivity index (χ3n) is 2.25. The Bertz CT molecular complexity index is 425. The van der Waals surface area contributed by atoms with Crippen LogP contribution in [0.5, 0.6) is 0 Å². The molecular formula is C14H16O. The molecule has 0 atom stereocenters. The smallest absolute Gasteiger partial charge is 0.160 e. The number of ketones is 1. The maximum atomic E-state index is 11.5. The molecule has 0 aliphatic rings. The fourth-order valence-corrected chi connectivity index (χ4v) is 1.66. The van der Waals surface area contributed by atoms with E-state index in [0.29, 0.717) is 0 Å². The maximum absolute atomic E-state index is 11.5. The van der Waals surface area contributed by atoms with E-state index in [-0.39, 0.29) is 5.78 Å². The van der Waals surface area contributed by atoms with Crippen LogP contribution < -0.4 is 0 Å². The van der Waals surface area contributed by atoms with E-state index in [0.717, 1.165) is 22.3 Å². The van der Waals surface area contributed by atoms with Gasteiger partial charge in [-0.1, -0.05) is 36.9 Å². The molecule has 15 heavy (non-hydrogen) atoms. The number of benzene rings is 1. The van der Waals surface area contributed by atoms with Gasteiger partial charge < -0.3 is 0 Å². The van der Waals surface area contributed by atoms with Gasteiger partial charge in [0.2, 0.25) is 0 Å². The van der Waals surface area contributed by atoms with E-state index in [2.05, 4.69) is 6.58 Å². The first-order valence-electron chi connectivity index (χ1n) is 5.00. The SMILES string of the molecule is C=C(C)c1c(/C=C\C)cccc1C(C)=O. The molecule has 0 amide bonds. The first-order valence-corrected chi connectivity index (χ1v) is 5.00. The first kappa shape index (κ1) is 11.4. The summed E-state index contributed by atoms with van der Waals surface area (Å²) >= 11 is 0. The summed E-state index contributed by atoms with van der Waals surface area (Å²) in [6.07, 6.45) is 3.96. The minimum absolute atomic E-state index is 0.0827. The van der Waals surface area contributed by atoms with E-state index in [1.54, 1.807) is 6.92 Å². The second-order valence-electron chi connectivity index (χ2n) is 3.61. The van der Waals surface area contributed by atoms with Gasteiger partial charge in [0.05, 0.1) is 0 Å². The lowest BCUT2D eigenvalue weighted by Gasteiger charge is -2.10. The van der Waals surface area contributed by atoms with E-state index >= 15 is 0 Å². The molecule has 0 heterocycles. The summed E-state index contributed by atoms with van der Waals surface area (Å²) in [4.78, 5) is 11.5. The quantitative estimate of drug-likeness (QED) is 0.675. The highest BCUT2D eigenvalue weighted by Gasteiger charge is 2.10. The lowest BCUT2D eigenvalue weighted by Crippen LogP contribution is -1.99. The van der Waals surface area contributed by atoms with E-state index in [9.17, 15) is 4.79 Å². The summed E-state index contributed by atoms with van der Waals surface area (Å²) in [7, 11) is 0. The van der Waals surface area contributed by atoms with Crippen molar-refractivity contribution in [2.75, 3.05) is 0 Å². The summed E-state index contributed by atoms with van der Waals surface area (Å²) in [6.45, 7) is 9.40. The van der Waals surface area contributed by atoms with Crippen molar-refractivity contribution in [3.63, 3.8) is 0 Å². The molecule has 0 spiro atoms. The second-order valence-corrected chi connectivity index (χ2v) is 3.61. The Kier molecular flexibility index (Phi) is 3.62. The highest BCUT2D eigenvalue weighted by Crippen LogP contribution is 2.23. The van der Waals surface area contributed by atoms with E-state index in [1.165, 1.54) is 0 Å². The molecule has 0 saturated heterocycles. The Balaban J connectivity index is 3.48. The number of carbonyl (C=O) groups excluding carboxylic acids is 1. The van der Waals surface area contributed by atoms with E-state index in [4.69, 9.17) is 0 Å². The van der Waals surface area contributed by atoms with Crippen molar-refractivity contribution < 1.29 is 4.79 Å². The molecule has 0 aromatic heterocycles. The van der Waals surface area contributed by atoms with Crippen LogP contribution in [0.25, 0.3) is 11.6 Å². The predicted octanol–water partition coefficient (Wildman–Crippen LogP) is 3.96. The lowest BCUT2D eigenvalue weighted by molar-refractivity contribution is 0.101. The van der Waals surface area contributed by atoms with Crippen LogP contribution in [0.4, 0.5) is 0 Å². The minimum atomic E-state index is 0.0827. The Morgan fingerprint density at radius 3 is 2.47 bits per heavy atom. The van der Waals surface area contributed by atoms with E-state index < -0.39 is 0 Å². The number of hydrogen-bond acceptors (Lipinski definition) is 1. The zero-order valence-corrected chi connectivity index (χ0v) is 9.50. The van der Waals surface area contributed by atoms with Crippen LogP contribution in [0.3, 0.4) is 0 Å². The molecule has 1 nitrogen and oxygen atoms in total. The summed E-state index contributed by atoms with van der Waals surface area (Å²) in [6, 6.07) is 5.74. The van der Waals surface area contributed by atoms with Crippen molar-refractivity contribution in [3.05, 3.63) is 47.5 Å². The fourth-order valence-electron chi connectivity index (χ4n) is 1.66. The highest BCUT2D eigenvalue weighted by molar-refractivity contribution is 6.00. The largest absolute Gasteiger partial charge is 0.294 e. The number of allylic oxidation sites excluding steroid dienone is 2. The Morgan fingerprint density at radius 2 is 2.00 bits per heavy atom. The van der Waals surface area contributed by atoms with Crippen LogP contribution in [0.1, 0.15) is 42.3 Å². The number of rotatable bonds is 3. The second kappa shape index (κ2) is 4.74. The molecule has 1 aromatic carbocycles. The standard InChI is InChI=1S/C14H16O/c1-5-7-12-8-6-9-13(11(4)15)14(12)10(2)3/h5-9H,2H2,1,3-4H3/b7-5-. The zero-order valence-electron chi connectivity index (χ0n) is 9.50. The van der Waals surface area contributed by atoms with Gasteiger partial charge in [0.1, 0.15) is 0 Å². The van der Waals surface area contributed by atoms with Gasteiger partial charge in [-0.25, -0.2) is 0 Å². The van der Waals surface area contributed by atoms with E-state index in [1.807, 2.05) is 44.2 Å². The van der Waals surface area contributed by atoms with Gasteiger partial charge >= 0.3 is 0 Å². The fraction of sp³-hybridized carbons (Fsp3) is 0.214. The molecule has 0 bridgehead atoms. The van der Waals surface area contributed by atoms with Gasteiger partial charge in [0.15, 0.2) is 5.78 Å². The maximum Gasteiger partial charge on any atom is 0.160 e. The molecule has 0 saturated carbocycles. The van der Waals surface area contributed by atoms with Crippen molar-refractivity contribution in [2.24, 2.45) is 0 Å². The summed E-state index contributed by atoms with van der Waals surface area (Å²) in [5.41, 5.74) is 3.69. The lowest BCUT2D eigenvalue weighted by atomic mass is 9.94. The molecule has 1 rings (SSSR count). The molecule has 0 aliphatic heterocycles. The zero-order chi connectivity index (χ0) is 11.4. The molecule has 0 radical (unpaired) electrons. The first-order chi connectivity index (χ1) is 7.07. The van der Waals surface area contributed by atoms with Crippen LogP contribution in [0, 0.1) is 0 Å². The van der Waals surface area contributed by atoms with Crippen molar-refractivity contribution in [2.45, 2.75) is 20.8 Å². The highest BCUT2D eigenvalue weighted by atomic mass is 16.1. The average molecular weight is 200 g/mol. The van der Waals surface area contributed by atoms with Crippen LogP contribution in [0.2, 0.25) is 0 Å². The Hall–Kier alpha value is -1.63. The molecule has 0 N–H and O–H groups in total. The monoisotopic (exact) mass is 200 g/mol. The average Bonchev–Trinajstić information content (AvgIpc) is 2.17. The van der Waals surface area contributed by atoms with Gasteiger partial charge in [0, 0.05) is 5.56 Å². The molecular weight excluding hydrogens is 184 g/mol. The van der Waals surface area contributed by atoms with Gasteiger partial charge in [-0.2, -0.15) is 0 Å². The van der Waals surface area contributed by atoms with Crippen LogP contribution in [-0.4, -0.2) is 5.78 Å². The Labute approximate surface area is 91.1 Å². The van der Waals surface area contributed by atoms with Crippen molar-refractivity contribution >= 4 is 17.4 Å². The number of hydrogen-bond donors (Lipinski definition) is 0. The molecule has 0 aliphatic carbocycles. The minimum Gasteiger partial charge on any atom is -0.294 e. The van der Waals surface area contributed by atoms with Gasteiger partial charge in [-0.05, 0) is 37.5 Å². The Morgan fingerprint density at radius 1 is 1.33 bits per heavy atom. The molecule has 1 heteroatoms. The molecule has 78 valence electrons. The summed E-state index contributed by atoms with van der Waals surface area (Å²) in [5.74, 6) is 0.0827. The van der Waals surface area contributed by atoms with Crippen LogP contribution >= 0.6 is 0 Å². The van der Waals surface area contributed by atoms with Crippen LogP contribution in [-0.2, 0) is 0 Å². The third kappa shape index (κ3) is 2.44. The van der Waals surface area contributed by atoms with Crippen molar-refractivity contribution in [3.8, 4) is 0 Å². The number of Topliss-reactive ketones (excluding diaryl/α,β-unsaturated/α-hetero) is 1. The summed E-state index contributed by atoms with van der Waals surface area (Å²) < 4.78 is 0. The molecule has 0 fully saturated rings. The topological polar surface area (TPSA) is 17.1 Å². The van der Waals surface area contributed by atoms with Crippen molar-refractivity contribution in [1.29, 1.82) is 0 Å². The van der Waals surface area contributed by atoms with Gasteiger partial charge in [-0.15, -0.1) is 0 Å². The van der Waals surface area contributed by atoms with Gasteiger partial charge in [0.25, 0.3) is 0 Å². The predicted molar refractivity (Wildman–Crippen MR) is 65.9 cm³/mol. The normalized spacial score (nSPS) is 10.6. The molecule has 1 aromatic rings. The summed E-state index contributed by atoms with van der Waals surface area (Å²) in [5, 5.41) is 0. The van der Waals surface area contributed by atoms with Crippen molar-refractivity contribution in [1.82, 2.24) is 0 Å². The third-order valence-corrected chi connectivity index (χ3v) is 2.25.